The zero-order chi connectivity index (χ0) is 39.8. The fourth-order valence-electron chi connectivity index (χ4n) is 8.57. The molecule has 0 unspecified atom stereocenters. The second-order valence-electron chi connectivity index (χ2n) is 15.3. The van der Waals surface area contributed by atoms with Crippen molar-refractivity contribution in [1.29, 1.82) is 0 Å². The summed E-state index contributed by atoms with van der Waals surface area (Å²) in [6.07, 6.45) is 0. The predicted molar refractivity (Wildman–Crippen MR) is 253 cm³/mol. The third kappa shape index (κ3) is 6.61. The normalized spacial score (nSPS) is 11.3. The van der Waals surface area contributed by atoms with E-state index in [1.165, 1.54) is 66.4 Å². The van der Waals surface area contributed by atoms with E-state index in [1.807, 2.05) is 12.1 Å². The lowest BCUT2D eigenvalue weighted by Crippen LogP contribution is -2.09. The first kappa shape index (κ1) is 35.2. The molecule has 0 saturated carbocycles. The summed E-state index contributed by atoms with van der Waals surface area (Å²) in [6, 6.07) is 84.9. The average molecular weight is 766 g/mol. The van der Waals surface area contributed by atoms with Gasteiger partial charge in [0.05, 0.1) is 0 Å². The molecule has 11 aromatic rings. The van der Waals surface area contributed by atoms with Crippen molar-refractivity contribution in [2.75, 3.05) is 4.90 Å². The molecule has 0 aliphatic carbocycles. The van der Waals surface area contributed by atoms with Gasteiger partial charge in [-0.2, -0.15) is 0 Å². The molecule has 1 aromatic heterocycles. The molecule has 0 fully saturated rings. The number of nitrogens with zero attached hydrogens (tertiary/aromatic N) is 1. The summed E-state index contributed by atoms with van der Waals surface area (Å²) in [5, 5.41) is 4.79. The van der Waals surface area contributed by atoms with Crippen LogP contribution in [0.1, 0.15) is 0 Å². The minimum atomic E-state index is 0.913. The van der Waals surface area contributed by atoms with Crippen molar-refractivity contribution in [3.05, 3.63) is 237 Å². The second-order valence-corrected chi connectivity index (χ2v) is 15.3. The summed E-state index contributed by atoms with van der Waals surface area (Å²) in [5.41, 5.74) is 17.1. The van der Waals surface area contributed by atoms with Gasteiger partial charge in [-0.1, -0.05) is 182 Å². The monoisotopic (exact) mass is 765 g/mol. The molecule has 2 heteroatoms. The van der Waals surface area contributed by atoms with E-state index in [0.717, 1.165) is 39.0 Å². The summed E-state index contributed by atoms with van der Waals surface area (Å²) < 4.78 is 6.08. The van der Waals surface area contributed by atoms with Crippen LogP contribution in [0.3, 0.4) is 0 Å². The van der Waals surface area contributed by atoms with Gasteiger partial charge < -0.3 is 9.32 Å². The van der Waals surface area contributed by atoms with Crippen molar-refractivity contribution < 1.29 is 4.42 Å². The molecule has 0 spiro atoms. The van der Waals surface area contributed by atoms with Gasteiger partial charge in [0.25, 0.3) is 0 Å². The van der Waals surface area contributed by atoms with E-state index in [4.69, 9.17) is 4.42 Å². The number of furan rings is 1. The van der Waals surface area contributed by atoms with E-state index in [2.05, 4.69) is 229 Å². The van der Waals surface area contributed by atoms with Gasteiger partial charge >= 0.3 is 0 Å². The zero-order valence-corrected chi connectivity index (χ0v) is 32.9. The Morgan fingerprint density at radius 1 is 0.250 bits per heavy atom. The number of fused-ring (bicyclic) bond motifs is 4. The SMILES string of the molecule is c1ccc(-c2ccc(-c3ccc(N(c4ccc(-c5ccc(-c6ccc7oc8ccccc8c7c6)cc5)cc4)c4ccc(-c5cccc6ccccc56)cc4)cc3)cc2)cc1. The first-order valence-corrected chi connectivity index (χ1v) is 20.5. The van der Waals surface area contributed by atoms with E-state index in [-0.39, 0.29) is 0 Å². The quantitative estimate of drug-likeness (QED) is 0.153. The lowest BCUT2D eigenvalue weighted by Gasteiger charge is -2.26. The molecule has 10 aromatic carbocycles. The van der Waals surface area contributed by atoms with Gasteiger partial charge in [-0.15, -0.1) is 0 Å². The number of hydrogen-bond acceptors (Lipinski definition) is 2. The molecule has 0 amide bonds. The van der Waals surface area contributed by atoms with Crippen LogP contribution in [-0.4, -0.2) is 0 Å². The number of benzene rings is 10. The van der Waals surface area contributed by atoms with Gasteiger partial charge in [-0.25, -0.2) is 0 Å². The minimum absolute atomic E-state index is 0.913. The van der Waals surface area contributed by atoms with Gasteiger partial charge in [-0.05, 0) is 121 Å². The zero-order valence-electron chi connectivity index (χ0n) is 32.9. The summed E-state index contributed by atoms with van der Waals surface area (Å²) in [5.74, 6) is 0. The Balaban J connectivity index is 0.908. The van der Waals surface area contributed by atoms with Crippen molar-refractivity contribution in [2.24, 2.45) is 0 Å². The van der Waals surface area contributed by atoms with Crippen LogP contribution in [0, 0.1) is 0 Å². The molecule has 0 aliphatic heterocycles. The highest BCUT2D eigenvalue weighted by molar-refractivity contribution is 6.06. The van der Waals surface area contributed by atoms with Gasteiger partial charge in [-0.3, -0.25) is 0 Å². The molecule has 0 aliphatic rings. The van der Waals surface area contributed by atoms with Crippen LogP contribution in [0.5, 0.6) is 0 Å². The van der Waals surface area contributed by atoms with E-state index in [9.17, 15) is 0 Å². The molecule has 0 bridgehead atoms. The van der Waals surface area contributed by atoms with Gasteiger partial charge in [0.1, 0.15) is 11.2 Å². The van der Waals surface area contributed by atoms with E-state index in [1.54, 1.807) is 0 Å². The number of anilines is 3. The highest BCUT2D eigenvalue weighted by Gasteiger charge is 2.15. The molecule has 60 heavy (non-hydrogen) atoms. The Hall–Kier alpha value is -7.94. The van der Waals surface area contributed by atoms with Gasteiger partial charge in [0, 0.05) is 27.8 Å². The summed E-state index contributed by atoms with van der Waals surface area (Å²) >= 11 is 0. The van der Waals surface area contributed by atoms with Crippen LogP contribution >= 0.6 is 0 Å². The van der Waals surface area contributed by atoms with E-state index >= 15 is 0 Å². The average Bonchev–Trinajstić information content (AvgIpc) is 3.71. The molecule has 1 heterocycles. The molecule has 282 valence electrons. The molecule has 11 rings (SSSR count). The Bertz CT molecular complexity index is 3250. The molecular weight excluding hydrogens is 727 g/mol. The van der Waals surface area contributed by atoms with Crippen LogP contribution in [0.2, 0.25) is 0 Å². The maximum Gasteiger partial charge on any atom is 0.135 e. The standard InChI is InChI=1S/C58H39NO/c1-2-9-40(10-3-1)41-17-19-42(20-18-41)44-25-32-50(33-26-44)59(52-36-29-48(30-37-52)54-15-8-12-47-11-4-5-13-53(47)54)51-34-27-45(28-35-51)43-21-23-46(24-22-43)49-31-38-58-56(39-49)55-14-6-7-16-57(55)60-58/h1-39H. The number of rotatable bonds is 8. The van der Waals surface area contributed by atoms with Crippen molar-refractivity contribution in [1.82, 2.24) is 0 Å². The summed E-state index contributed by atoms with van der Waals surface area (Å²) in [4.78, 5) is 2.34. The first-order valence-electron chi connectivity index (χ1n) is 20.5. The van der Waals surface area contributed by atoms with Crippen molar-refractivity contribution in [3.8, 4) is 55.6 Å². The predicted octanol–water partition coefficient (Wildman–Crippen LogP) is 16.5. The lowest BCUT2D eigenvalue weighted by molar-refractivity contribution is 0.669. The summed E-state index contributed by atoms with van der Waals surface area (Å²) in [7, 11) is 0. The Kier molecular flexibility index (Phi) is 8.87. The smallest absolute Gasteiger partial charge is 0.135 e. The highest BCUT2D eigenvalue weighted by Crippen LogP contribution is 2.39. The molecule has 0 atom stereocenters. The van der Waals surface area contributed by atoms with Crippen LogP contribution in [0.4, 0.5) is 17.1 Å². The largest absolute Gasteiger partial charge is 0.456 e. The molecule has 0 N–H and O–H groups in total. The molecule has 0 radical (unpaired) electrons. The van der Waals surface area contributed by atoms with Crippen molar-refractivity contribution in [3.63, 3.8) is 0 Å². The Labute approximate surface area is 349 Å². The molecule has 0 saturated heterocycles. The third-order valence-corrected chi connectivity index (χ3v) is 11.7. The number of para-hydroxylation sites is 1. The van der Waals surface area contributed by atoms with Crippen molar-refractivity contribution in [2.45, 2.75) is 0 Å². The lowest BCUT2D eigenvalue weighted by atomic mass is 9.97. The van der Waals surface area contributed by atoms with Crippen LogP contribution < -0.4 is 4.90 Å². The summed E-state index contributed by atoms with van der Waals surface area (Å²) in [6.45, 7) is 0. The fraction of sp³-hybridized carbons (Fsp3) is 0. The van der Waals surface area contributed by atoms with Crippen LogP contribution in [0.25, 0.3) is 88.3 Å². The molecule has 2 nitrogen and oxygen atoms in total. The molecular formula is C58H39NO. The maximum atomic E-state index is 6.08. The Morgan fingerprint density at radius 2 is 0.650 bits per heavy atom. The van der Waals surface area contributed by atoms with Gasteiger partial charge in [0.15, 0.2) is 0 Å². The Morgan fingerprint density at radius 3 is 1.23 bits per heavy atom. The third-order valence-electron chi connectivity index (χ3n) is 11.7. The topological polar surface area (TPSA) is 16.4 Å². The minimum Gasteiger partial charge on any atom is -0.456 e. The van der Waals surface area contributed by atoms with E-state index in [0.29, 0.717) is 0 Å². The maximum absolute atomic E-state index is 6.08. The second kappa shape index (κ2) is 15.1. The highest BCUT2D eigenvalue weighted by atomic mass is 16.3. The van der Waals surface area contributed by atoms with Crippen molar-refractivity contribution >= 4 is 49.8 Å². The number of hydrogen-bond donors (Lipinski definition) is 0. The van der Waals surface area contributed by atoms with E-state index < -0.39 is 0 Å². The first-order chi connectivity index (χ1) is 29.7. The van der Waals surface area contributed by atoms with Crippen LogP contribution in [0.15, 0.2) is 241 Å². The van der Waals surface area contributed by atoms with Crippen LogP contribution in [-0.2, 0) is 0 Å². The van der Waals surface area contributed by atoms with Gasteiger partial charge in [0.2, 0.25) is 0 Å². The fourth-order valence-corrected chi connectivity index (χ4v) is 8.57.